The van der Waals surface area contributed by atoms with Gasteiger partial charge in [-0.15, -0.1) is 0 Å². The molecule has 0 saturated heterocycles. The molecule has 1 aliphatic carbocycles. The molecule has 1 saturated carbocycles. The predicted octanol–water partition coefficient (Wildman–Crippen LogP) is 2.71. The largest absolute Gasteiger partial charge is 0.337 e. The van der Waals surface area contributed by atoms with Crippen LogP contribution in [-0.4, -0.2) is 9.55 Å². The van der Waals surface area contributed by atoms with E-state index in [-0.39, 0.29) is 0 Å². The summed E-state index contributed by atoms with van der Waals surface area (Å²) in [5.74, 6) is 1.85. The number of hydrogen-bond donors (Lipinski definition) is 0. The van der Waals surface area contributed by atoms with Crippen LogP contribution in [0, 0.1) is 11.8 Å². The molecule has 0 aromatic carbocycles. The summed E-state index contributed by atoms with van der Waals surface area (Å²) in [6, 6.07) is 0. The van der Waals surface area contributed by atoms with Gasteiger partial charge in [0.1, 0.15) is 0 Å². The summed E-state index contributed by atoms with van der Waals surface area (Å²) in [6.07, 6.45) is 11.5. The first-order chi connectivity index (χ1) is 6.34. The Hall–Kier alpha value is -0.790. The SMILES string of the molecule is CC1CCC(Cn2ccnc2)CC1. The predicted molar refractivity (Wildman–Crippen MR) is 53.3 cm³/mol. The van der Waals surface area contributed by atoms with Crippen LogP contribution in [0.1, 0.15) is 32.6 Å². The van der Waals surface area contributed by atoms with Gasteiger partial charge in [-0.3, -0.25) is 0 Å². The lowest BCUT2D eigenvalue weighted by Crippen LogP contribution is -2.16. The van der Waals surface area contributed by atoms with Gasteiger partial charge in [0.05, 0.1) is 6.33 Å². The molecule has 0 unspecified atom stereocenters. The molecule has 0 spiro atoms. The molecule has 13 heavy (non-hydrogen) atoms. The Bertz CT molecular complexity index is 233. The minimum Gasteiger partial charge on any atom is -0.337 e. The van der Waals surface area contributed by atoms with Crippen molar-refractivity contribution in [3.05, 3.63) is 18.7 Å². The molecule has 1 aromatic heterocycles. The molecule has 1 aliphatic rings. The van der Waals surface area contributed by atoms with Gasteiger partial charge in [-0.2, -0.15) is 0 Å². The maximum Gasteiger partial charge on any atom is 0.0945 e. The summed E-state index contributed by atoms with van der Waals surface area (Å²) in [7, 11) is 0. The fourth-order valence-electron chi connectivity index (χ4n) is 2.20. The maximum absolute atomic E-state index is 4.07. The number of rotatable bonds is 2. The van der Waals surface area contributed by atoms with Crippen LogP contribution in [0.5, 0.6) is 0 Å². The third-order valence-electron chi connectivity index (χ3n) is 3.16. The standard InChI is InChI=1S/C11H18N2/c1-10-2-4-11(5-3-10)8-13-7-6-12-9-13/h6-7,9-11H,2-5,8H2,1H3. The Morgan fingerprint density at radius 1 is 1.31 bits per heavy atom. The van der Waals surface area contributed by atoms with Crippen LogP contribution in [0.2, 0.25) is 0 Å². The molecule has 1 heterocycles. The van der Waals surface area contributed by atoms with E-state index in [1.807, 2.05) is 12.5 Å². The van der Waals surface area contributed by atoms with Crippen molar-refractivity contribution in [3.8, 4) is 0 Å². The highest BCUT2D eigenvalue weighted by molar-refractivity contribution is 4.77. The van der Waals surface area contributed by atoms with E-state index in [1.54, 1.807) is 0 Å². The molecule has 1 aromatic rings. The number of hydrogen-bond acceptors (Lipinski definition) is 1. The fraction of sp³-hybridized carbons (Fsp3) is 0.727. The highest BCUT2D eigenvalue weighted by Crippen LogP contribution is 2.29. The lowest BCUT2D eigenvalue weighted by molar-refractivity contribution is 0.264. The van der Waals surface area contributed by atoms with Crippen molar-refractivity contribution in [1.82, 2.24) is 9.55 Å². The van der Waals surface area contributed by atoms with Crippen molar-refractivity contribution in [2.75, 3.05) is 0 Å². The molecular weight excluding hydrogens is 160 g/mol. The molecule has 1 fully saturated rings. The van der Waals surface area contributed by atoms with Crippen LogP contribution in [0.15, 0.2) is 18.7 Å². The monoisotopic (exact) mass is 178 g/mol. The van der Waals surface area contributed by atoms with Crippen LogP contribution in [-0.2, 0) is 6.54 Å². The quantitative estimate of drug-likeness (QED) is 0.681. The maximum atomic E-state index is 4.07. The lowest BCUT2D eigenvalue weighted by atomic mass is 9.83. The van der Waals surface area contributed by atoms with E-state index in [0.29, 0.717) is 0 Å². The third kappa shape index (κ3) is 2.33. The number of imidazole rings is 1. The highest BCUT2D eigenvalue weighted by Gasteiger charge is 2.17. The second-order valence-corrected chi connectivity index (χ2v) is 4.39. The normalized spacial score (nSPS) is 29.0. The van der Waals surface area contributed by atoms with Crippen molar-refractivity contribution < 1.29 is 0 Å². The van der Waals surface area contributed by atoms with Gasteiger partial charge in [0, 0.05) is 18.9 Å². The van der Waals surface area contributed by atoms with Crippen LogP contribution >= 0.6 is 0 Å². The van der Waals surface area contributed by atoms with Crippen LogP contribution < -0.4 is 0 Å². The first-order valence-electron chi connectivity index (χ1n) is 5.30. The average molecular weight is 178 g/mol. The Morgan fingerprint density at radius 3 is 2.69 bits per heavy atom. The second-order valence-electron chi connectivity index (χ2n) is 4.39. The smallest absolute Gasteiger partial charge is 0.0945 e. The van der Waals surface area contributed by atoms with Gasteiger partial charge in [-0.25, -0.2) is 4.98 Å². The zero-order valence-electron chi connectivity index (χ0n) is 8.32. The van der Waals surface area contributed by atoms with Crippen molar-refractivity contribution in [1.29, 1.82) is 0 Å². The summed E-state index contributed by atoms with van der Waals surface area (Å²) < 4.78 is 2.21. The molecule has 72 valence electrons. The Kier molecular flexibility index (Phi) is 2.67. The fourth-order valence-corrected chi connectivity index (χ4v) is 2.20. The van der Waals surface area contributed by atoms with E-state index < -0.39 is 0 Å². The summed E-state index contributed by atoms with van der Waals surface area (Å²) >= 11 is 0. The van der Waals surface area contributed by atoms with Gasteiger partial charge < -0.3 is 4.57 Å². The van der Waals surface area contributed by atoms with E-state index in [9.17, 15) is 0 Å². The summed E-state index contributed by atoms with van der Waals surface area (Å²) in [4.78, 5) is 4.07. The Balaban J connectivity index is 1.83. The third-order valence-corrected chi connectivity index (χ3v) is 3.16. The summed E-state index contributed by atoms with van der Waals surface area (Å²) in [6.45, 7) is 3.54. The molecule has 2 heteroatoms. The lowest BCUT2D eigenvalue weighted by Gasteiger charge is -2.26. The Labute approximate surface area is 80.0 Å². The first-order valence-corrected chi connectivity index (χ1v) is 5.30. The van der Waals surface area contributed by atoms with Gasteiger partial charge in [-0.05, 0) is 24.7 Å². The van der Waals surface area contributed by atoms with Crippen molar-refractivity contribution in [2.45, 2.75) is 39.2 Å². The Morgan fingerprint density at radius 2 is 2.08 bits per heavy atom. The van der Waals surface area contributed by atoms with Gasteiger partial charge in [0.2, 0.25) is 0 Å². The van der Waals surface area contributed by atoms with Gasteiger partial charge in [0.15, 0.2) is 0 Å². The van der Waals surface area contributed by atoms with Crippen LogP contribution in [0.25, 0.3) is 0 Å². The van der Waals surface area contributed by atoms with E-state index in [4.69, 9.17) is 0 Å². The molecule has 0 bridgehead atoms. The minimum atomic E-state index is 0.894. The molecule has 2 rings (SSSR count). The minimum absolute atomic E-state index is 0.894. The van der Waals surface area contributed by atoms with E-state index in [2.05, 4.69) is 22.7 Å². The van der Waals surface area contributed by atoms with E-state index in [1.165, 1.54) is 32.2 Å². The molecule has 0 N–H and O–H groups in total. The molecule has 0 aliphatic heterocycles. The van der Waals surface area contributed by atoms with Gasteiger partial charge >= 0.3 is 0 Å². The molecule has 0 atom stereocenters. The molecule has 2 nitrogen and oxygen atoms in total. The van der Waals surface area contributed by atoms with E-state index in [0.717, 1.165) is 11.8 Å². The van der Waals surface area contributed by atoms with Gasteiger partial charge in [0.25, 0.3) is 0 Å². The summed E-state index contributed by atoms with van der Waals surface area (Å²) in [5, 5.41) is 0. The van der Waals surface area contributed by atoms with Crippen molar-refractivity contribution in [2.24, 2.45) is 11.8 Å². The number of nitrogens with zero attached hydrogens (tertiary/aromatic N) is 2. The first kappa shape index (κ1) is 8.79. The molecule has 0 amide bonds. The van der Waals surface area contributed by atoms with Crippen molar-refractivity contribution in [3.63, 3.8) is 0 Å². The van der Waals surface area contributed by atoms with Gasteiger partial charge in [-0.1, -0.05) is 19.8 Å². The van der Waals surface area contributed by atoms with Crippen molar-refractivity contribution >= 4 is 0 Å². The second kappa shape index (κ2) is 3.95. The molecule has 0 radical (unpaired) electrons. The highest BCUT2D eigenvalue weighted by atomic mass is 15.0. The average Bonchev–Trinajstić information content (AvgIpc) is 2.62. The van der Waals surface area contributed by atoms with Crippen LogP contribution in [0.3, 0.4) is 0 Å². The topological polar surface area (TPSA) is 17.8 Å². The van der Waals surface area contributed by atoms with Crippen LogP contribution in [0.4, 0.5) is 0 Å². The number of aromatic nitrogens is 2. The van der Waals surface area contributed by atoms with E-state index >= 15 is 0 Å². The molecular formula is C11H18N2. The zero-order chi connectivity index (χ0) is 9.10. The summed E-state index contributed by atoms with van der Waals surface area (Å²) in [5.41, 5.74) is 0. The zero-order valence-corrected chi connectivity index (χ0v) is 8.32.